The molecule has 1 heterocycles. The number of nitrogens with zero attached hydrogens (tertiary/aromatic N) is 1. The summed E-state index contributed by atoms with van der Waals surface area (Å²) in [5.41, 5.74) is 7.21. The van der Waals surface area contributed by atoms with Crippen LogP contribution in [0, 0.1) is 11.3 Å². The normalized spacial score (nSPS) is 18.6. The minimum Gasteiger partial charge on any atom is -0.355 e. The SMILES string of the molecule is CC(C)C(CNC(=O)CC1(CN)CCCCC1)c1cccnc1. The van der Waals surface area contributed by atoms with Gasteiger partial charge in [0.25, 0.3) is 0 Å². The number of hydrogen-bond acceptors (Lipinski definition) is 3. The number of carbonyl (C=O) groups excluding carboxylic acids is 1. The first kappa shape index (κ1) is 17.9. The molecule has 4 heteroatoms. The average Bonchev–Trinajstić information content (AvgIpc) is 2.56. The molecule has 1 aliphatic rings. The monoisotopic (exact) mass is 317 g/mol. The molecule has 0 bridgehead atoms. The second kappa shape index (κ2) is 8.44. The van der Waals surface area contributed by atoms with Gasteiger partial charge in [0.1, 0.15) is 0 Å². The minimum atomic E-state index is 0.0317. The van der Waals surface area contributed by atoms with Gasteiger partial charge in [0.15, 0.2) is 0 Å². The van der Waals surface area contributed by atoms with E-state index in [2.05, 4.69) is 30.2 Å². The Hall–Kier alpha value is -1.42. The first-order valence-corrected chi connectivity index (χ1v) is 8.93. The van der Waals surface area contributed by atoms with Crippen LogP contribution in [0.25, 0.3) is 0 Å². The highest BCUT2D eigenvalue weighted by atomic mass is 16.1. The molecule has 1 atom stereocenters. The van der Waals surface area contributed by atoms with Gasteiger partial charge >= 0.3 is 0 Å². The zero-order valence-electron chi connectivity index (χ0n) is 14.6. The Bertz CT molecular complexity index is 481. The molecule has 1 aromatic heterocycles. The zero-order valence-corrected chi connectivity index (χ0v) is 14.6. The van der Waals surface area contributed by atoms with Crippen molar-refractivity contribution in [3.8, 4) is 0 Å². The van der Waals surface area contributed by atoms with Crippen LogP contribution in [0.4, 0.5) is 0 Å². The van der Waals surface area contributed by atoms with E-state index in [-0.39, 0.29) is 11.3 Å². The first-order chi connectivity index (χ1) is 11.1. The molecule has 3 N–H and O–H groups in total. The summed E-state index contributed by atoms with van der Waals surface area (Å²) in [6.07, 6.45) is 10.1. The number of aromatic nitrogens is 1. The lowest BCUT2D eigenvalue weighted by Gasteiger charge is -2.35. The van der Waals surface area contributed by atoms with E-state index in [1.165, 1.54) is 24.8 Å². The predicted octanol–water partition coefficient (Wildman–Crippen LogP) is 3.24. The van der Waals surface area contributed by atoms with E-state index in [4.69, 9.17) is 5.73 Å². The topological polar surface area (TPSA) is 68.0 Å². The molecule has 1 fully saturated rings. The smallest absolute Gasteiger partial charge is 0.220 e. The Labute approximate surface area is 140 Å². The molecule has 23 heavy (non-hydrogen) atoms. The zero-order chi connectivity index (χ0) is 16.7. The number of pyridine rings is 1. The Balaban J connectivity index is 1.91. The van der Waals surface area contributed by atoms with Gasteiger partial charge in [-0.25, -0.2) is 0 Å². The number of carbonyl (C=O) groups is 1. The largest absolute Gasteiger partial charge is 0.355 e. The van der Waals surface area contributed by atoms with Crippen LogP contribution in [0.5, 0.6) is 0 Å². The Morgan fingerprint density at radius 2 is 2.09 bits per heavy atom. The third kappa shape index (κ3) is 5.03. The first-order valence-electron chi connectivity index (χ1n) is 8.93. The lowest BCUT2D eigenvalue weighted by molar-refractivity contribution is -0.124. The van der Waals surface area contributed by atoms with Crippen LogP contribution in [0.2, 0.25) is 0 Å². The van der Waals surface area contributed by atoms with Crippen molar-refractivity contribution in [2.24, 2.45) is 17.1 Å². The quantitative estimate of drug-likeness (QED) is 0.811. The summed E-state index contributed by atoms with van der Waals surface area (Å²) >= 11 is 0. The molecule has 128 valence electrons. The van der Waals surface area contributed by atoms with E-state index in [1.807, 2.05) is 12.3 Å². The van der Waals surface area contributed by atoms with E-state index < -0.39 is 0 Å². The van der Waals surface area contributed by atoms with Crippen LogP contribution in [0.1, 0.15) is 63.9 Å². The maximum absolute atomic E-state index is 12.5. The van der Waals surface area contributed by atoms with Crippen LogP contribution in [0.15, 0.2) is 24.5 Å². The van der Waals surface area contributed by atoms with E-state index in [1.54, 1.807) is 6.20 Å². The Kier molecular flexibility index (Phi) is 6.58. The number of amides is 1. The molecule has 0 aliphatic heterocycles. The van der Waals surface area contributed by atoms with Gasteiger partial charge in [-0.2, -0.15) is 0 Å². The second-order valence-electron chi connectivity index (χ2n) is 7.38. The van der Waals surface area contributed by atoms with Gasteiger partial charge in [0.05, 0.1) is 0 Å². The highest BCUT2D eigenvalue weighted by molar-refractivity contribution is 5.76. The molecule has 1 amide bonds. The van der Waals surface area contributed by atoms with Gasteiger partial charge in [-0.15, -0.1) is 0 Å². The van der Waals surface area contributed by atoms with Gasteiger partial charge in [-0.05, 0) is 42.3 Å². The summed E-state index contributed by atoms with van der Waals surface area (Å²) in [5, 5.41) is 3.15. The van der Waals surface area contributed by atoms with Crippen LogP contribution in [-0.4, -0.2) is 24.0 Å². The minimum absolute atomic E-state index is 0.0317. The molecule has 2 rings (SSSR count). The van der Waals surface area contributed by atoms with E-state index >= 15 is 0 Å². The highest BCUT2D eigenvalue weighted by Gasteiger charge is 2.33. The molecular weight excluding hydrogens is 286 g/mol. The molecule has 1 aliphatic carbocycles. The fourth-order valence-electron chi connectivity index (χ4n) is 3.72. The Morgan fingerprint density at radius 1 is 1.35 bits per heavy atom. The average molecular weight is 317 g/mol. The van der Waals surface area contributed by atoms with Crippen molar-refractivity contribution in [2.75, 3.05) is 13.1 Å². The summed E-state index contributed by atoms with van der Waals surface area (Å²) in [5.74, 6) is 0.900. The summed E-state index contributed by atoms with van der Waals surface area (Å²) in [4.78, 5) is 16.7. The lowest BCUT2D eigenvalue weighted by atomic mass is 9.71. The van der Waals surface area contributed by atoms with Crippen LogP contribution in [0.3, 0.4) is 0 Å². The van der Waals surface area contributed by atoms with Gasteiger partial charge in [-0.1, -0.05) is 39.2 Å². The van der Waals surface area contributed by atoms with Gasteiger partial charge in [-0.3, -0.25) is 9.78 Å². The van der Waals surface area contributed by atoms with Crippen LogP contribution < -0.4 is 11.1 Å². The van der Waals surface area contributed by atoms with Crippen molar-refractivity contribution in [1.29, 1.82) is 0 Å². The van der Waals surface area contributed by atoms with Crippen molar-refractivity contribution in [3.63, 3.8) is 0 Å². The molecular formula is C19H31N3O. The molecule has 1 unspecified atom stereocenters. The summed E-state index contributed by atoms with van der Waals surface area (Å²) in [6, 6.07) is 4.05. The standard InChI is InChI=1S/C19H31N3O/c1-15(2)17(16-7-6-10-21-12-16)13-22-18(23)11-19(14-20)8-4-3-5-9-19/h6-7,10,12,15,17H,3-5,8-9,11,13-14,20H2,1-2H3,(H,22,23). The number of nitrogens with two attached hydrogens (primary N) is 1. The fourth-order valence-corrected chi connectivity index (χ4v) is 3.72. The van der Waals surface area contributed by atoms with Gasteiger partial charge < -0.3 is 11.1 Å². The summed E-state index contributed by atoms with van der Waals surface area (Å²) in [6.45, 7) is 5.66. The number of rotatable bonds is 7. The van der Waals surface area contributed by atoms with Crippen molar-refractivity contribution in [2.45, 2.75) is 58.3 Å². The highest BCUT2D eigenvalue weighted by Crippen LogP contribution is 2.38. The Morgan fingerprint density at radius 3 is 2.65 bits per heavy atom. The van der Waals surface area contributed by atoms with Crippen molar-refractivity contribution >= 4 is 5.91 Å². The maximum Gasteiger partial charge on any atom is 0.220 e. The molecule has 0 spiro atoms. The third-order valence-corrected chi connectivity index (χ3v) is 5.32. The summed E-state index contributed by atoms with van der Waals surface area (Å²) < 4.78 is 0. The van der Waals surface area contributed by atoms with E-state index in [0.29, 0.717) is 31.3 Å². The summed E-state index contributed by atoms with van der Waals surface area (Å²) in [7, 11) is 0. The predicted molar refractivity (Wildman–Crippen MR) is 94.0 cm³/mol. The third-order valence-electron chi connectivity index (χ3n) is 5.32. The molecule has 0 aromatic carbocycles. The molecule has 4 nitrogen and oxygen atoms in total. The fraction of sp³-hybridized carbons (Fsp3) is 0.684. The molecule has 0 radical (unpaired) electrons. The number of nitrogens with one attached hydrogen (secondary N) is 1. The van der Waals surface area contributed by atoms with Gasteiger partial charge in [0, 0.05) is 31.3 Å². The number of hydrogen-bond donors (Lipinski definition) is 2. The van der Waals surface area contributed by atoms with Crippen molar-refractivity contribution in [3.05, 3.63) is 30.1 Å². The van der Waals surface area contributed by atoms with Gasteiger partial charge in [0.2, 0.25) is 5.91 Å². The van der Waals surface area contributed by atoms with E-state index in [0.717, 1.165) is 12.8 Å². The molecule has 1 saturated carbocycles. The van der Waals surface area contributed by atoms with E-state index in [9.17, 15) is 4.79 Å². The van der Waals surface area contributed by atoms with Crippen LogP contribution >= 0.6 is 0 Å². The molecule has 1 aromatic rings. The van der Waals surface area contributed by atoms with Crippen molar-refractivity contribution in [1.82, 2.24) is 10.3 Å². The van der Waals surface area contributed by atoms with Crippen LogP contribution in [-0.2, 0) is 4.79 Å². The maximum atomic E-state index is 12.5. The van der Waals surface area contributed by atoms with Crippen molar-refractivity contribution < 1.29 is 4.79 Å². The molecule has 0 saturated heterocycles. The second-order valence-corrected chi connectivity index (χ2v) is 7.38. The lowest BCUT2D eigenvalue weighted by Crippen LogP contribution is -2.40.